The van der Waals surface area contributed by atoms with Crippen LogP contribution in [0, 0.1) is 0 Å². The third-order valence-electron chi connectivity index (χ3n) is 1.84. The molecule has 0 radical (unpaired) electrons. The Morgan fingerprint density at radius 1 is 1.50 bits per heavy atom. The molecule has 0 aromatic rings. The monoisotopic (exact) mass is 165 g/mol. The fraction of sp³-hybridized carbons (Fsp3) is 0.500. The van der Waals surface area contributed by atoms with Crippen molar-refractivity contribution < 1.29 is 4.79 Å². The minimum Gasteiger partial charge on any atom is -0.330 e. The second-order valence-corrected chi connectivity index (χ2v) is 3.05. The van der Waals surface area contributed by atoms with Gasteiger partial charge in [-0.25, -0.2) is 0 Å². The van der Waals surface area contributed by atoms with Crippen LogP contribution in [-0.2, 0) is 4.79 Å². The van der Waals surface area contributed by atoms with Gasteiger partial charge in [0.2, 0.25) is 5.91 Å². The molecule has 0 aliphatic heterocycles. The molecule has 0 spiro atoms. The lowest BCUT2D eigenvalue weighted by Crippen LogP contribution is -2.19. The van der Waals surface area contributed by atoms with Gasteiger partial charge in [0.15, 0.2) is 0 Å². The molecule has 1 amide bonds. The summed E-state index contributed by atoms with van der Waals surface area (Å²) in [5.74, 6) is 0.0234. The molecule has 2 nitrogen and oxygen atoms in total. The van der Waals surface area contributed by atoms with Crippen molar-refractivity contribution in [2.24, 2.45) is 0 Å². The van der Waals surface area contributed by atoms with Gasteiger partial charge in [0.05, 0.1) is 0 Å². The number of nitrogens with one attached hydrogen (secondary N) is 1. The van der Waals surface area contributed by atoms with Crippen LogP contribution in [0.25, 0.3) is 0 Å². The van der Waals surface area contributed by atoms with E-state index in [-0.39, 0.29) is 5.91 Å². The first-order valence-corrected chi connectivity index (χ1v) is 4.42. The first-order valence-electron chi connectivity index (χ1n) is 4.42. The van der Waals surface area contributed by atoms with Crippen LogP contribution in [0.5, 0.6) is 0 Å². The molecule has 0 heterocycles. The van der Waals surface area contributed by atoms with E-state index in [4.69, 9.17) is 0 Å². The van der Waals surface area contributed by atoms with Gasteiger partial charge in [0, 0.05) is 12.6 Å². The third-order valence-corrected chi connectivity index (χ3v) is 1.84. The predicted octanol–water partition coefficient (Wildman–Crippen LogP) is 2.14. The van der Waals surface area contributed by atoms with Crippen molar-refractivity contribution in [3.05, 3.63) is 23.9 Å². The second kappa shape index (κ2) is 4.75. The number of hydrogen-bond acceptors (Lipinski definition) is 1. The fourth-order valence-corrected chi connectivity index (χ4v) is 1.27. The smallest absolute Gasteiger partial charge is 0.220 e. The van der Waals surface area contributed by atoms with Crippen LogP contribution >= 0.6 is 0 Å². The Kier molecular flexibility index (Phi) is 3.58. The van der Waals surface area contributed by atoms with E-state index < -0.39 is 0 Å². The minimum atomic E-state index is 0.0234. The highest BCUT2D eigenvalue weighted by atomic mass is 16.1. The summed E-state index contributed by atoms with van der Waals surface area (Å²) in [6, 6.07) is 0. The van der Waals surface area contributed by atoms with Crippen LogP contribution < -0.4 is 5.32 Å². The summed E-state index contributed by atoms with van der Waals surface area (Å²) in [4.78, 5) is 10.7. The van der Waals surface area contributed by atoms with Crippen molar-refractivity contribution >= 4 is 5.91 Å². The van der Waals surface area contributed by atoms with Crippen molar-refractivity contribution in [3.8, 4) is 0 Å². The lowest BCUT2D eigenvalue weighted by Gasteiger charge is -2.08. The molecule has 0 saturated heterocycles. The third kappa shape index (κ3) is 3.37. The molecule has 0 aromatic carbocycles. The highest BCUT2D eigenvalue weighted by Crippen LogP contribution is 2.10. The quantitative estimate of drug-likeness (QED) is 0.633. The zero-order chi connectivity index (χ0) is 8.81. The average molecular weight is 165 g/mol. The van der Waals surface area contributed by atoms with Gasteiger partial charge in [-0.05, 0) is 31.8 Å². The molecule has 1 rings (SSSR count). The normalized spacial score (nSPS) is 24.6. The Balaban J connectivity index is 2.52. The second-order valence-electron chi connectivity index (χ2n) is 3.05. The van der Waals surface area contributed by atoms with Crippen LogP contribution in [0.2, 0.25) is 0 Å². The van der Waals surface area contributed by atoms with Crippen molar-refractivity contribution in [3.63, 3.8) is 0 Å². The van der Waals surface area contributed by atoms with Crippen molar-refractivity contribution in [1.29, 1.82) is 0 Å². The van der Waals surface area contributed by atoms with Crippen LogP contribution in [0.1, 0.15) is 32.6 Å². The molecule has 12 heavy (non-hydrogen) atoms. The van der Waals surface area contributed by atoms with Crippen molar-refractivity contribution in [2.45, 2.75) is 32.6 Å². The number of rotatable bonds is 1. The van der Waals surface area contributed by atoms with E-state index in [1.807, 2.05) is 12.2 Å². The summed E-state index contributed by atoms with van der Waals surface area (Å²) in [7, 11) is 0. The summed E-state index contributed by atoms with van der Waals surface area (Å²) in [5, 5.41) is 2.82. The zero-order valence-corrected chi connectivity index (χ0v) is 7.47. The molecule has 0 bridgehead atoms. The van der Waals surface area contributed by atoms with Gasteiger partial charge in [-0.3, -0.25) is 4.79 Å². The molecular weight excluding hydrogens is 150 g/mol. The molecular formula is C10H15NO. The number of amides is 1. The van der Waals surface area contributed by atoms with Gasteiger partial charge in [-0.15, -0.1) is 0 Å². The van der Waals surface area contributed by atoms with Crippen LogP contribution in [0.4, 0.5) is 0 Å². The Morgan fingerprint density at radius 3 is 3.08 bits per heavy atom. The Bertz CT molecular complexity index is 216. The average Bonchev–Trinajstić information content (AvgIpc) is 1.93. The first-order chi connectivity index (χ1) is 5.79. The van der Waals surface area contributed by atoms with E-state index in [0.717, 1.165) is 25.0 Å². The maximum absolute atomic E-state index is 10.7. The fourth-order valence-electron chi connectivity index (χ4n) is 1.27. The van der Waals surface area contributed by atoms with E-state index in [0.29, 0.717) is 0 Å². The largest absolute Gasteiger partial charge is 0.330 e. The maximum atomic E-state index is 10.7. The van der Waals surface area contributed by atoms with E-state index >= 15 is 0 Å². The highest BCUT2D eigenvalue weighted by Gasteiger charge is 1.99. The Labute approximate surface area is 73.4 Å². The van der Waals surface area contributed by atoms with Gasteiger partial charge in [-0.1, -0.05) is 12.2 Å². The number of carbonyl (C=O) groups excluding carboxylic acids is 1. The minimum absolute atomic E-state index is 0.0234. The summed E-state index contributed by atoms with van der Waals surface area (Å²) < 4.78 is 0. The molecule has 0 unspecified atom stereocenters. The lowest BCUT2D eigenvalue weighted by atomic mass is 10.1. The topological polar surface area (TPSA) is 29.1 Å². The zero-order valence-electron chi connectivity index (χ0n) is 7.47. The lowest BCUT2D eigenvalue weighted by molar-refractivity contribution is -0.118. The molecule has 0 fully saturated rings. The van der Waals surface area contributed by atoms with E-state index in [1.54, 1.807) is 6.92 Å². The van der Waals surface area contributed by atoms with Crippen molar-refractivity contribution in [2.75, 3.05) is 0 Å². The molecule has 0 saturated carbocycles. The SMILES string of the molecule is CC(=O)N/C1=C/C=C\CCCC1. The number of hydrogen-bond donors (Lipinski definition) is 1. The molecule has 1 aliphatic carbocycles. The highest BCUT2D eigenvalue weighted by molar-refractivity contribution is 5.74. The molecule has 0 atom stereocenters. The standard InChI is InChI=1S/C10H15NO/c1-9(12)11-10-7-5-3-2-4-6-8-10/h3,5,7H,2,4,6,8H2,1H3,(H,11,12)/b5-3-,10-7+. The molecule has 1 N–H and O–H groups in total. The molecule has 66 valence electrons. The van der Waals surface area contributed by atoms with Crippen molar-refractivity contribution in [1.82, 2.24) is 5.32 Å². The summed E-state index contributed by atoms with van der Waals surface area (Å²) in [6.07, 6.45) is 10.7. The first kappa shape index (κ1) is 9.04. The van der Waals surface area contributed by atoms with Crippen LogP contribution in [0.3, 0.4) is 0 Å². The van der Waals surface area contributed by atoms with Gasteiger partial charge < -0.3 is 5.32 Å². The summed E-state index contributed by atoms with van der Waals surface area (Å²) in [5.41, 5.74) is 1.04. The summed E-state index contributed by atoms with van der Waals surface area (Å²) in [6.45, 7) is 1.54. The van der Waals surface area contributed by atoms with Crippen LogP contribution in [0.15, 0.2) is 23.9 Å². The molecule has 2 heteroatoms. The van der Waals surface area contributed by atoms with Gasteiger partial charge in [-0.2, -0.15) is 0 Å². The van der Waals surface area contributed by atoms with Gasteiger partial charge >= 0.3 is 0 Å². The Hall–Kier alpha value is -1.05. The predicted molar refractivity (Wildman–Crippen MR) is 49.5 cm³/mol. The van der Waals surface area contributed by atoms with Crippen LogP contribution in [-0.4, -0.2) is 5.91 Å². The molecule has 1 aliphatic rings. The van der Waals surface area contributed by atoms with Gasteiger partial charge in [0.1, 0.15) is 0 Å². The summed E-state index contributed by atoms with van der Waals surface area (Å²) >= 11 is 0. The van der Waals surface area contributed by atoms with E-state index in [9.17, 15) is 4.79 Å². The number of allylic oxidation sites excluding steroid dienone is 4. The Morgan fingerprint density at radius 2 is 2.33 bits per heavy atom. The maximum Gasteiger partial charge on any atom is 0.220 e. The van der Waals surface area contributed by atoms with E-state index in [2.05, 4.69) is 11.4 Å². The number of carbonyl (C=O) groups is 1. The van der Waals surface area contributed by atoms with E-state index in [1.165, 1.54) is 6.42 Å². The van der Waals surface area contributed by atoms with Gasteiger partial charge in [0.25, 0.3) is 0 Å². The molecule has 0 aromatic heterocycles.